The van der Waals surface area contributed by atoms with Gasteiger partial charge in [0.2, 0.25) is 0 Å². The summed E-state index contributed by atoms with van der Waals surface area (Å²) in [5, 5.41) is 2.68. The highest BCUT2D eigenvalue weighted by atomic mass is 32.1. The first-order valence-electron chi connectivity index (χ1n) is 30.4. The van der Waals surface area contributed by atoms with E-state index in [9.17, 15) is 0 Å². The molecule has 79 heavy (non-hydrogen) atoms. The topological polar surface area (TPSA) is 9.72 Å². The van der Waals surface area contributed by atoms with Crippen LogP contribution in [-0.2, 0) is 37.9 Å². The van der Waals surface area contributed by atoms with E-state index in [4.69, 9.17) is 0 Å². The Morgan fingerprint density at radius 2 is 0.899 bits per heavy atom. The molecule has 0 saturated heterocycles. The van der Waals surface area contributed by atoms with Crippen molar-refractivity contribution in [2.24, 2.45) is 0 Å². The van der Waals surface area contributed by atoms with Gasteiger partial charge in [0, 0.05) is 71.1 Å². The van der Waals surface area contributed by atoms with Crippen LogP contribution in [0.25, 0.3) is 20.2 Å². The van der Waals surface area contributed by atoms with Gasteiger partial charge in [-0.3, -0.25) is 0 Å². The van der Waals surface area contributed by atoms with Crippen LogP contribution in [0.15, 0.2) is 115 Å². The molecule has 2 atom stereocenters. The molecule has 1 aromatic heterocycles. The molecule has 3 nitrogen and oxygen atoms in total. The van der Waals surface area contributed by atoms with Crippen molar-refractivity contribution in [3.8, 4) is 0 Å². The van der Waals surface area contributed by atoms with Crippen LogP contribution < -0.4 is 31.1 Å². The molecule has 4 aliphatic carbocycles. The van der Waals surface area contributed by atoms with Gasteiger partial charge in [0.1, 0.15) is 0 Å². The minimum atomic E-state index is -0.124. The van der Waals surface area contributed by atoms with Crippen LogP contribution >= 0.6 is 11.3 Å². The molecule has 15 rings (SSSR count). The Balaban J connectivity index is 1.12. The summed E-state index contributed by atoms with van der Waals surface area (Å²) in [7, 11) is 0. The van der Waals surface area contributed by atoms with E-state index >= 15 is 0 Å². The second-order valence-corrected chi connectivity index (χ2v) is 31.6. The Morgan fingerprint density at radius 3 is 1.54 bits per heavy atom. The summed E-state index contributed by atoms with van der Waals surface area (Å²) in [4.78, 5) is 8.47. The molecule has 402 valence electrons. The van der Waals surface area contributed by atoms with Crippen molar-refractivity contribution in [2.45, 2.75) is 205 Å². The van der Waals surface area contributed by atoms with Crippen LogP contribution in [0, 0.1) is 6.92 Å². The number of rotatable bonds is 3. The number of aryl methyl sites for hydroxylation is 1. The van der Waals surface area contributed by atoms with Crippen LogP contribution in [-0.4, -0.2) is 12.3 Å². The van der Waals surface area contributed by atoms with Gasteiger partial charge in [-0.2, -0.15) is 0 Å². The lowest BCUT2D eigenvalue weighted by atomic mass is 9.32. The van der Waals surface area contributed by atoms with Crippen molar-refractivity contribution in [2.75, 3.05) is 14.7 Å². The fraction of sp³-hybridized carbons (Fsp3) is 0.432. The lowest BCUT2D eigenvalue weighted by Crippen LogP contribution is -2.62. The van der Waals surface area contributed by atoms with Crippen LogP contribution in [0.2, 0.25) is 0 Å². The van der Waals surface area contributed by atoms with Crippen LogP contribution in [0.5, 0.6) is 0 Å². The summed E-state index contributed by atoms with van der Waals surface area (Å²) in [6, 6.07) is 47.7. The van der Waals surface area contributed by atoms with Gasteiger partial charge >= 0.3 is 0 Å². The first kappa shape index (κ1) is 50.2. The van der Waals surface area contributed by atoms with Gasteiger partial charge in [-0.25, -0.2) is 0 Å². The molecule has 0 spiro atoms. The highest BCUT2D eigenvalue weighted by molar-refractivity contribution is 7.25. The smallest absolute Gasteiger partial charge is 0.252 e. The number of anilines is 8. The molecule has 4 heterocycles. The van der Waals surface area contributed by atoms with Crippen molar-refractivity contribution in [3.63, 3.8) is 0 Å². The Morgan fingerprint density at radius 1 is 0.392 bits per heavy atom. The van der Waals surface area contributed by atoms with Crippen LogP contribution in [0.4, 0.5) is 45.5 Å². The summed E-state index contributed by atoms with van der Waals surface area (Å²) in [5.74, 6) is 0. The molecule has 3 aliphatic heterocycles. The predicted octanol–water partition coefficient (Wildman–Crippen LogP) is 18.8. The number of fused-ring (bicyclic) bond motifs is 13. The summed E-state index contributed by atoms with van der Waals surface area (Å²) >= 11 is 1.92. The van der Waals surface area contributed by atoms with Gasteiger partial charge in [0.25, 0.3) is 6.71 Å². The summed E-state index contributed by atoms with van der Waals surface area (Å²) in [5.41, 5.74) is 27.0. The fourth-order valence-corrected chi connectivity index (χ4v) is 19.2. The third-order valence-corrected chi connectivity index (χ3v) is 24.0. The third-order valence-electron chi connectivity index (χ3n) is 22.8. The maximum Gasteiger partial charge on any atom is 0.252 e. The monoisotopic (exact) mass is 1060 g/mol. The SMILES string of the molecule is Cc1cc2c(cc1N1c3cc4c(cc3B3c5cc6c(cc5N(c5ccc7sc8ccccc8c7c5)c5cc(N7c8ccccc8C8(C)CCCCC78C)cc1c53)C(C)(C)CCC6(C)C)C(C)(C)CCC4(C)C)C(C)(C)CC2(C)C. The summed E-state index contributed by atoms with van der Waals surface area (Å²) in [6.45, 7) is 37.8. The van der Waals surface area contributed by atoms with Crippen molar-refractivity contribution < 1.29 is 0 Å². The number of hydrogen-bond donors (Lipinski definition) is 0. The number of benzene rings is 7. The predicted molar refractivity (Wildman–Crippen MR) is 342 cm³/mol. The number of hydrogen-bond acceptors (Lipinski definition) is 4. The van der Waals surface area contributed by atoms with Crippen molar-refractivity contribution >= 4 is 100 Å². The molecule has 1 saturated carbocycles. The largest absolute Gasteiger partial charge is 0.334 e. The van der Waals surface area contributed by atoms with E-state index in [1.165, 1.54) is 172 Å². The van der Waals surface area contributed by atoms with E-state index in [1.54, 1.807) is 0 Å². The molecular weight excluding hydrogens is 974 g/mol. The average Bonchev–Trinajstić information content (AvgIpc) is 2.86. The molecule has 0 amide bonds. The molecule has 2 unspecified atom stereocenters. The molecule has 0 N–H and O–H groups in total. The van der Waals surface area contributed by atoms with Gasteiger partial charge in [-0.15, -0.1) is 11.3 Å². The second-order valence-electron chi connectivity index (χ2n) is 30.5. The van der Waals surface area contributed by atoms with Crippen LogP contribution in [0.3, 0.4) is 0 Å². The highest BCUT2D eigenvalue weighted by Gasteiger charge is 2.58. The summed E-state index contributed by atoms with van der Waals surface area (Å²) in [6.07, 6.45) is 10.7. The standard InChI is InChI=1S/C74H82BN3S/c1-44-34-50-55(72(12,13)43-71(50,10)11)40-59(44)77-61-42-54-52(68(4,5)31-33-70(54,8)9)39-57(61)75-56-38-51-53(69(6,7)32-30-67(51,2)3)41-60(56)76(45-26-27-65-48(35-45)47-22-16-19-25-64(47)79-65)62-36-46(37-63(77)66(62)75)78-58-24-18-17-23-49(58)73(14)28-20-21-29-74(73,78)15/h16-19,22-27,34-42H,20-21,28-33,43H2,1-15H3. The van der Waals surface area contributed by atoms with E-state index in [-0.39, 0.29) is 50.2 Å². The maximum absolute atomic E-state index is 2.86. The Kier molecular flexibility index (Phi) is 10.0. The quantitative estimate of drug-likeness (QED) is 0.163. The lowest BCUT2D eigenvalue weighted by molar-refractivity contribution is 0.195. The van der Waals surface area contributed by atoms with Crippen molar-refractivity contribution in [1.82, 2.24) is 0 Å². The zero-order chi connectivity index (χ0) is 55.1. The highest BCUT2D eigenvalue weighted by Crippen LogP contribution is 2.63. The van der Waals surface area contributed by atoms with Crippen LogP contribution in [0.1, 0.15) is 199 Å². The van der Waals surface area contributed by atoms with E-state index in [0.717, 1.165) is 12.8 Å². The average molecular weight is 1060 g/mol. The lowest BCUT2D eigenvalue weighted by Gasteiger charge is -2.51. The zero-order valence-electron chi connectivity index (χ0n) is 50.2. The van der Waals surface area contributed by atoms with Gasteiger partial charge in [0.05, 0.1) is 5.54 Å². The Hall–Kier alpha value is -5.78. The van der Waals surface area contributed by atoms with Crippen molar-refractivity contribution in [1.29, 1.82) is 0 Å². The fourth-order valence-electron chi connectivity index (χ4n) is 18.1. The third kappa shape index (κ3) is 6.66. The zero-order valence-corrected chi connectivity index (χ0v) is 51.0. The normalized spacial score (nSPS) is 24.5. The first-order chi connectivity index (χ1) is 37.2. The first-order valence-corrected chi connectivity index (χ1v) is 31.2. The van der Waals surface area contributed by atoms with Gasteiger partial charge < -0.3 is 14.7 Å². The molecular formula is C74H82BN3S. The molecule has 5 heteroatoms. The number of nitrogens with zero attached hydrogens (tertiary/aromatic N) is 3. The van der Waals surface area contributed by atoms with Gasteiger partial charge in [-0.05, 0) is 213 Å². The number of thiophene rings is 1. The van der Waals surface area contributed by atoms with Gasteiger partial charge in [-0.1, -0.05) is 157 Å². The Bertz CT molecular complexity index is 3990. The molecule has 0 bridgehead atoms. The minimum Gasteiger partial charge on any atom is -0.334 e. The molecule has 0 radical (unpaired) electrons. The molecule has 8 aromatic rings. The molecule has 7 aromatic carbocycles. The maximum atomic E-state index is 2.86. The van der Waals surface area contributed by atoms with Crippen molar-refractivity contribution in [3.05, 3.63) is 160 Å². The second kappa shape index (κ2) is 15.8. The summed E-state index contributed by atoms with van der Waals surface area (Å²) < 4.78 is 2.69. The van der Waals surface area contributed by atoms with Gasteiger partial charge in [0.15, 0.2) is 0 Å². The number of para-hydroxylation sites is 1. The van der Waals surface area contributed by atoms with E-state index < -0.39 is 0 Å². The molecule has 1 fully saturated rings. The minimum absolute atomic E-state index is 0.00495. The van der Waals surface area contributed by atoms with E-state index in [2.05, 4.69) is 234 Å². The van der Waals surface area contributed by atoms with E-state index in [1.807, 2.05) is 11.3 Å². The molecule has 7 aliphatic rings. The Labute approximate surface area is 476 Å². The van der Waals surface area contributed by atoms with E-state index in [0.29, 0.717) is 0 Å².